The van der Waals surface area contributed by atoms with Gasteiger partial charge in [0, 0.05) is 17.8 Å². The van der Waals surface area contributed by atoms with Crippen LogP contribution in [0.15, 0.2) is 18.3 Å². The Labute approximate surface area is 102 Å². The zero-order valence-corrected chi connectivity index (χ0v) is 10.2. The van der Waals surface area contributed by atoms with Gasteiger partial charge in [-0.25, -0.2) is 0 Å². The van der Waals surface area contributed by atoms with Gasteiger partial charge < -0.3 is 5.11 Å². The van der Waals surface area contributed by atoms with Gasteiger partial charge in [-0.15, -0.1) is 0 Å². The maximum atomic E-state index is 11.4. The van der Waals surface area contributed by atoms with Gasteiger partial charge in [0.2, 0.25) is 0 Å². The van der Waals surface area contributed by atoms with Crippen molar-refractivity contribution in [3.05, 3.63) is 29.6 Å². The number of carboxylic acid groups (broad SMARTS) is 1. The summed E-state index contributed by atoms with van der Waals surface area (Å²) < 4.78 is 0. The van der Waals surface area contributed by atoms with E-state index in [1.807, 2.05) is 6.07 Å². The third-order valence-electron chi connectivity index (χ3n) is 3.67. The van der Waals surface area contributed by atoms with Crippen LogP contribution in [0.1, 0.15) is 49.8 Å². The zero-order chi connectivity index (χ0) is 12.3. The summed E-state index contributed by atoms with van der Waals surface area (Å²) in [6.45, 7) is 2.10. The van der Waals surface area contributed by atoms with E-state index in [0.717, 1.165) is 37.8 Å². The Morgan fingerprint density at radius 3 is 3.18 bits per heavy atom. The summed E-state index contributed by atoms with van der Waals surface area (Å²) in [6, 6.07) is 4.00. The predicted molar refractivity (Wildman–Crippen MR) is 65.9 cm³/mol. The number of fused-ring (bicyclic) bond motifs is 1. The van der Waals surface area contributed by atoms with E-state index in [1.165, 1.54) is 5.56 Å². The van der Waals surface area contributed by atoms with Gasteiger partial charge in [0.1, 0.15) is 0 Å². The van der Waals surface area contributed by atoms with Crippen molar-refractivity contribution < 1.29 is 9.90 Å². The number of hydrogen-bond acceptors (Lipinski definition) is 2. The topological polar surface area (TPSA) is 50.2 Å². The highest BCUT2D eigenvalue weighted by Crippen LogP contribution is 2.39. The van der Waals surface area contributed by atoms with Crippen molar-refractivity contribution in [1.82, 2.24) is 4.98 Å². The summed E-state index contributed by atoms with van der Waals surface area (Å²) in [6.07, 6.45) is 6.49. The van der Waals surface area contributed by atoms with Gasteiger partial charge in [-0.2, -0.15) is 0 Å². The number of unbranched alkanes of at least 4 members (excludes halogenated alkanes) is 1. The molecule has 1 aliphatic rings. The minimum absolute atomic E-state index is 0.121. The van der Waals surface area contributed by atoms with E-state index < -0.39 is 5.97 Å². The Balaban J connectivity index is 2.18. The van der Waals surface area contributed by atoms with Crippen LogP contribution in [0.5, 0.6) is 0 Å². The SMILES string of the molecule is CCCCC(C(=O)O)C1CCc2cccnc21. The fourth-order valence-corrected chi connectivity index (χ4v) is 2.76. The van der Waals surface area contributed by atoms with Crippen LogP contribution in [0.4, 0.5) is 0 Å². The maximum absolute atomic E-state index is 11.4. The highest BCUT2D eigenvalue weighted by Gasteiger charge is 2.34. The summed E-state index contributed by atoms with van der Waals surface area (Å²) in [5.74, 6) is -0.802. The Morgan fingerprint density at radius 2 is 2.47 bits per heavy atom. The molecule has 0 aromatic carbocycles. The number of hydrogen-bond donors (Lipinski definition) is 1. The average molecular weight is 233 g/mol. The number of aliphatic carboxylic acids is 1. The molecule has 1 aromatic rings. The molecule has 3 heteroatoms. The van der Waals surface area contributed by atoms with Gasteiger partial charge in [0.15, 0.2) is 0 Å². The molecular weight excluding hydrogens is 214 g/mol. The molecule has 0 spiro atoms. The number of aryl methyl sites for hydroxylation is 1. The molecule has 0 radical (unpaired) electrons. The van der Waals surface area contributed by atoms with Crippen molar-refractivity contribution in [2.45, 2.75) is 44.9 Å². The predicted octanol–water partition coefficient (Wildman–Crippen LogP) is 3.00. The van der Waals surface area contributed by atoms with Crippen LogP contribution >= 0.6 is 0 Å². The van der Waals surface area contributed by atoms with Crippen molar-refractivity contribution in [3.8, 4) is 0 Å². The lowest BCUT2D eigenvalue weighted by Gasteiger charge is -2.19. The van der Waals surface area contributed by atoms with Gasteiger partial charge in [-0.05, 0) is 30.9 Å². The fourth-order valence-electron chi connectivity index (χ4n) is 2.76. The molecule has 0 amide bonds. The Morgan fingerprint density at radius 1 is 1.65 bits per heavy atom. The normalized spacial score (nSPS) is 19.9. The van der Waals surface area contributed by atoms with Crippen LogP contribution in [0.2, 0.25) is 0 Å². The molecule has 0 aliphatic heterocycles. The van der Waals surface area contributed by atoms with E-state index in [2.05, 4.69) is 18.0 Å². The molecular formula is C14H19NO2. The van der Waals surface area contributed by atoms with Gasteiger partial charge in [-0.3, -0.25) is 9.78 Å². The van der Waals surface area contributed by atoms with Gasteiger partial charge in [0.25, 0.3) is 0 Å². The summed E-state index contributed by atoms with van der Waals surface area (Å²) >= 11 is 0. The number of carboxylic acids is 1. The smallest absolute Gasteiger partial charge is 0.307 e. The minimum Gasteiger partial charge on any atom is -0.481 e. The lowest BCUT2D eigenvalue weighted by Crippen LogP contribution is -2.21. The monoisotopic (exact) mass is 233 g/mol. The number of aromatic nitrogens is 1. The molecule has 1 N–H and O–H groups in total. The Hall–Kier alpha value is -1.38. The third-order valence-corrected chi connectivity index (χ3v) is 3.67. The summed E-state index contributed by atoms with van der Waals surface area (Å²) in [5.41, 5.74) is 2.26. The molecule has 92 valence electrons. The number of nitrogens with zero attached hydrogens (tertiary/aromatic N) is 1. The van der Waals surface area contributed by atoms with Crippen LogP contribution in [0.3, 0.4) is 0 Å². The van der Waals surface area contributed by atoms with Crippen LogP contribution in [0.25, 0.3) is 0 Å². The molecule has 17 heavy (non-hydrogen) atoms. The van der Waals surface area contributed by atoms with Gasteiger partial charge in [-0.1, -0.05) is 25.8 Å². The number of pyridine rings is 1. The van der Waals surface area contributed by atoms with Crippen LogP contribution in [0, 0.1) is 5.92 Å². The van der Waals surface area contributed by atoms with Crippen LogP contribution < -0.4 is 0 Å². The minimum atomic E-state index is -0.665. The summed E-state index contributed by atoms with van der Waals surface area (Å²) in [5, 5.41) is 9.36. The first kappa shape index (κ1) is 12.1. The Bertz CT molecular complexity index is 403. The molecule has 3 nitrogen and oxygen atoms in total. The van der Waals surface area contributed by atoms with Gasteiger partial charge in [0.05, 0.1) is 5.92 Å². The standard InChI is InChI=1S/C14H19NO2/c1-2-3-6-12(14(16)17)11-8-7-10-5-4-9-15-13(10)11/h4-5,9,11-12H,2-3,6-8H2,1H3,(H,16,17). The first-order chi connectivity index (χ1) is 8.24. The molecule has 0 fully saturated rings. The van der Waals surface area contributed by atoms with E-state index in [4.69, 9.17) is 0 Å². The quantitative estimate of drug-likeness (QED) is 0.850. The van der Waals surface area contributed by atoms with Crippen molar-refractivity contribution in [1.29, 1.82) is 0 Å². The van der Waals surface area contributed by atoms with Gasteiger partial charge >= 0.3 is 5.97 Å². The molecule has 2 unspecified atom stereocenters. The Kier molecular flexibility index (Phi) is 3.77. The van der Waals surface area contributed by atoms with Crippen LogP contribution in [-0.2, 0) is 11.2 Å². The fraction of sp³-hybridized carbons (Fsp3) is 0.571. The molecule has 1 aliphatic carbocycles. The van der Waals surface area contributed by atoms with Crippen molar-refractivity contribution in [3.63, 3.8) is 0 Å². The van der Waals surface area contributed by atoms with Crippen molar-refractivity contribution >= 4 is 5.97 Å². The lowest BCUT2D eigenvalue weighted by molar-refractivity contribution is -0.142. The van der Waals surface area contributed by atoms with Crippen LogP contribution in [-0.4, -0.2) is 16.1 Å². The number of carbonyl (C=O) groups is 1. The molecule has 1 heterocycles. The van der Waals surface area contributed by atoms with E-state index in [-0.39, 0.29) is 11.8 Å². The maximum Gasteiger partial charge on any atom is 0.307 e. The van der Waals surface area contributed by atoms with E-state index in [9.17, 15) is 9.90 Å². The highest BCUT2D eigenvalue weighted by atomic mass is 16.4. The molecule has 1 aromatic heterocycles. The second-order valence-corrected chi connectivity index (χ2v) is 4.78. The second-order valence-electron chi connectivity index (χ2n) is 4.78. The first-order valence-electron chi connectivity index (χ1n) is 6.40. The molecule has 2 rings (SSSR count). The van der Waals surface area contributed by atoms with E-state index >= 15 is 0 Å². The van der Waals surface area contributed by atoms with E-state index in [0.29, 0.717) is 0 Å². The second kappa shape index (κ2) is 5.30. The summed E-state index contributed by atoms with van der Waals surface area (Å²) in [4.78, 5) is 15.8. The highest BCUT2D eigenvalue weighted by molar-refractivity contribution is 5.71. The molecule has 0 saturated carbocycles. The third kappa shape index (κ3) is 2.48. The zero-order valence-electron chi connectivity index (χ0n) is 10.2. The van der Waals surface area contributed by atoms with Crippen molar-refractivity contribution in [2.24, 2.45) is 5.92 Å². The number of rotatable bonds is 5. The lowest BCUT2D eigenvalue weighted by atomic mass is 9.86. The molecule has 0 bridgehead atoms. The summed E-state index contributed by atoms with van der Waals surface area (Å²) in [7, 11) is 0. The largest absolute Gasteiger partial charge is 0.481 e. The van der Waals surface area contributed by atoms with Crippen molar-refractivity contribution in [2.75, 3.05) is 0 Å². The molecule has 2 atom stereocenters. The molecule has 0 saturated heterocycles. The first-order valence-corrected chi connectivity index (χ1v) is 6.40. The van der Waals surface area contributed by atoms with E-state index in [1.54, 1.807) is 6.20 Å². The average Bonchev–Trinajstić information content (AvgIpc) is 2.73.